The second-order valence-electron chi connectivity index (χ2n) is 8.80. The summed E-state index contributed by atoms with van der Waals surface area (Å²) >= 11 is 0. The van der Waals surface area contributed by atoms with Gasteiger partial charge >= 0.3 is 0 Å². The predicted octanol–water partition coefficient (Wildman–Crippen LogP) is 5.41. The third kappa shape index (κ3) is 4.49. The number of Topliss-reactive ketones (excluding diaryl/α,β-unsaturated/α-hetero) is 1. The van der Waals surface area contributed by atoms with Crippen molar-refractivity contribution in [3.63, 3.8) is 0 Å². The Kier molecular flexibility index (Phi) is 6.47. The van der Waals surface area contributed by atoms with Crippen LogP contribution < -0.4 is 18.9 Å². The van der Waals surface area contributed by atoms with Gasteiger partial charge in [0.25, 0.3) is 0 Å². The third-order valence-electron chi connectivity index (χ3n) is 6.50. The first-order valence-corrected chi connectivity index (χ1v) is 11.8. The first-order chi connectivity index (χ1) is 17.1. The summed E-state index contributed by atoms with van der Waals surface area (Å²) in [6.07, 6.45) is 3.78. The van der Waals surface area contributed by atoms with E-state index in [1.54, 1.807) is 20.3 Å². The summed E-state index contributed by atoms with van der Waals surface area (Å²) in [7, 11) is 3.16. The van der Waals surface area contributed by atoms with Crippen molar-refractivity contribution >= 4 is 11.9 Å². The van der Waals surface area contributed by atoms with E-state index in [2.05, 4.69) is 29.2 Å². The van der Waals surface area contributed by atoms with Crippen LogP contribution >= 0.6 is 0 Å². The normalized spacial score (nSPS) is 15.9. The second-order valence-corrected chi connectivity index (χ2v) is 8.80. The maximum absolute atomic E-state index is 13.3. The Balaban J connectivity index is 1.35. The molecular formula is C29H29NO5. The van der Waals surface area contributed by atoms with Gasteiger partial charge in [0.2, 0.25) is 5.78 Å². The lowest BCUT2D eigenvalue weighted by atomic mass is 9.99. The maximum atomic E-state index is 13.3. The van der Waals surface area contributed by atoms with Crippen molar-refractivity contribution in [2.75, 3.05) is 27.5 Å². The van der Waals surface area contributed by atoms with Crippen LogP contribution in [0, 0.1) is 6.92 Å². The fraction of sp³-hybridized carbons (Fsp3) is 0.276. The summed E-state index contributed by atoms with van der Waals surface area (Å²) in [6, 6.07) is 18.0. The molecule has 0 N–H and O–H groups in total. The van der Waals surface area contributed by atoms with E-state index in [9.17, 15) is 4.79 Å². The van der Waals surface area contributed by atoms with Crippen molar-refractivity contribution < 1.29 is 23.7 Å². The average Bonchev–Trinajstić information content (AvgIpc) is 3.19. The molecule has 2 aliphatic heterocycles. The molecular weight excluding hydrogens is 442 g/mol. The van der Waals surface area contributed by atoms with E-state index in [0.717, 1.165) is 42.8 Å². The summed E-state index contributed by atoms with van der Waals surface area (Å²) < 4.78 is 23.1. The number of rotatable bonds is 7. The highest BCUT2D eigenvalue weighted by Gasteiger charge is 2.33. The van der Waals surface area contributed by atoms with Gasteiger partial charge in [-0.15, -0.1) is 0 Å². The van der Waals surface area contributed by atoms with Crippen molar-refractivity contribution in [1.29, 1.82) is 0 Å². The van der Waals surface area contributed by atoms with Crippen LogP contribution in [-0.2, 0) is 13.0 Å². The molecule has 3 aromatic carbocycles. The quantitative estimate of drug-likeness (QED) is 0.429. The Morgan fingerprint density at radius 3 is 2.63 bits per heavy atom. The predicted molar refractivity (Wildman–Crippen MR) is 134 cm³/mol. The average molecular weight is 472 g/mol. The van der Waals surface area contributed by atoms with Gasteiger partial charge in [-0.1, -0.05) is 42.5 Å². The van der Waals surface area contributed by atoms with E-state index >= 15 is 0 Å². The molecule has 35 heavy (non-hydrogen) atoms. The van der Waals surface area contributed by atoms with Crippen LogP contribution in [0.3, 0.4) is 0 Å². The molecule has 0 spiro atoms. The number of carbonyl (C=O) groups is 1. The van der Waals surface area contributed by atoms with Gasteiger partial charge in [0.05, 0.1) is 19.8 Å². The maximum Gasteiger partial charge on any atom is 0.231 e. The van der Waals surface area contributed by atoms with Crippen molar-refractivity contribution in [3.05, 3.63) is 88.2 Å². The molecule has 2 aliphatic rings. The largest absolute Gasteiger partial charge is 0.493 e. The number of methoxy groups -OCH3 is 2. The van der Waals surface area contributed by atoms with Crippen LogP contribution in [-0.4, -0.2) is 38.2 Å². The standard InChI is InChI=1S/C29H29NO5/c1-19-27-22(17-30(18-34-27)14-8-11-20-9-5-4-6-10-20)15-23-26(31)25(35-28(19)23)16-21-12-7-13-24(32-2)29(21)33-3/h4-7,9-10,12-13,15-16H,8,11,14,17-18H2,1-3H3/b25-16-. The molecule has 3 aromatic rings. The molecule has 6 nitrogen and oxygen atoms in total. The summed E-state index contributed by atoms with van der Waals surface area (Å²) in [5, 5.41) is 0. The first kappa shape index (κ1) is 23.0. The number of carbonyl (C=O) groups excluding carboxylic acids is 1. The van der Waals surface area contributed by atoms with E-state index in [-0.39, 0.29) is 11.5 Å². The van der Waals surface area contributed by atoms with Gasteiger partial charge in [0.15, 0.2) is 17.3 Å². The van der Waals surface area contributed by atoms with Gasteiger partial charge in [-0.2, -0.15) is 0 Å². The van der Waals surface area contributed by atoms with Gasteiger partial charge in [-0.05, 0) is 43.5 Å². The lowest BCUT2D eigenvalue weighted by Crippen LogP contribution is -2.33. The van der Waals surface area contributed by atoms with Crippen molar-refractivity contribution in [3.8, 4) is 23.0 Å². The lowest BCUT2D eigenvalue weighted by Gasteiger charge is -2.30. The molecule has 0 aromatic heterocycles. The van der Waals surface area contributed by atoms with E-state index in [1.807, 2.05) is 37.3 Å². The lowest BCUT2D eigenvalue weighted by molar-refractivity contribution is 0.0932. The van der Waals surface area contributed by atoms with Crippen LogP contribution in [0.2, 0.25) is 0 Å². The molecule has 0 saturated carbocycles. The minimum absolute atomic E-state index is 0.142. The number of allylic oxidation sites excluding steroid dienone is 1. The number of nitrogens with zero attached hydrogens (tertiary/aromatic N) is 1. The first-order valence-electron chi connectivity index (χ1n) is 11.8. The van der Waals surface area contributed by atoms with Crippen molar-refractivity contribution in [2.45, 2.75) is 26.3 Å². The number of benzene rings is 3. The van der Waals surface area contributed by atoms with Crippen LogP contribution in [0.5, 0.6) is 23.0 Å². The van der Waals surface area contributed by atoms with Crippen LogP contribution in [0.4, 0.5) is 0 Å². The molecule has 6 heteroatoms. The van der Waals surface area contributed by atoms with Gasteiger partial charge in [-0.25, -0.2) is 0 Å². The number of fused-ring (bicyclic) bond motifs is 2. The summed E-state index contributed by atoms with van der Waals surface area (Å²) in [6.45, 7) is 4.15. The van der Waals surface area contributed by atoms with E-state index in [1.165, 1.54) is 5.56 Å². The Hall–Kier alpha value is -3.77. The number of para-hydroxylation sites is 1. The molecule has 0 unspecified atom stereocenters. The highest BCUT2D eigenvalue weighted by Crippen LogP contribution is 2.44. The van der Waals surface area contributed by atoms with Crippen LogP contribution in [0.25, 0.3) is 6.08 Å². The fourth-order valence-corrected chi connectivity index (χ4v) is 4.76. The second kappa shape index (κ2) is 9.84. The number of ether oxygens (including phenoxy) is 4. The van der Waals surface area contributed by atoms with Gasteiger partial charge in [0.1, 0.15) is 18.2 Å². The van der Waals surface area contributed by atoms with Crippen molar-refractivity contribution in [2.24, 2.45) is 0 Å². The van der Waals surface area contributed by atoms with Gasteiger partial charge in [-0.3, -0.25) is 9.69 Å². The van der Waals surface area contributed by atoms with Crippen LogP contribution in [0.1, 0.15) is 39.0 Å². The molecule has 0 aliphatic carbocycles. The monoisotopic (exact) mass is 471 g/mol. The number of ketones is 1. The van der Waals surface area contributed by atoms with Gasteiger partial charge in [0, 0.05) is 29.8 Å². The number of hydrogen-bond acceptors (Lipinski definition) is 6. The summed E-state index contributed by atoms with van der Waals surface area (Å²) in [5.41, 5.74) is 4.50. The summed E-state index contributed by atoms with van der Waals surface area (Å²) in [4.78, 5) is 15.6. The zero-order valence-electron chi connectivity index (χ0n) is 20.3. The Morgan fingerprint density at radius 2 is 1.86 bits per heavy atom. The Morgan fingerprint density at radius 1 is 1.03 bits per heavy atom. The minimum atomic E-state index is -0.142. The van der Waals surface area contributed by atoms with Crippen LogP contribution in [0.15, 0.2) is 60.4 Å². The summed E-state index contributed by atoms with van der Waals surface area (Å²) in [5.74, 6) is 2.65. The molecule has 0 amide bonds. The molecule has 5 rings (SSSR count). The molecule has 2 heterocycles. The number of hydrogen-bond donors (Lipinski definition) is 0. The highest BCUT2D eigenvalue weighted by molar-refractivity contribution is 6.15. The number of aryl methyl sites for hydroxylation is 1. The molecule has 0 bridgehead atoms. The van der Waals surface area contributed by atoms with E-state index in [4.69, 9.17) is 18.9 Å². The topological polar surface area (TPSA) is 57.2 Å². The Bertz CT molecular complexity index is 1280. The van der Waals surface area contributed by atoms with Gasteiger partial charge < -0.3 is 18.9 Å². The minimum Gasteiger partial charge on any atom is -0.493 e. The third-order valence-corrected chi connectivity index (χ3v) is 6.50. The molecule has 0 atom stereocenters. The molecule has 180 valence electrons. The zero-order chi connectivity index (χ0) is 24.4. The molecule has 0 radical (unpaired) electrons. The highest BCUT2D eigenvalue weighted by atomic mass is 16.5. The molecule has 0 fully saturated rings. The van der Waals surface area contributed by atoms with E-state index in [0.29, 0.717) is 35.1 Å². The smallest absolute Gasteiger partial charge is 0.231 e. The van der Waals surface area contributed by atoms with E-state index < -0.39 is 0 Å². The zero-order valence-corrected chi connectivity index (χ0v) is 20.3. The SMILES string of the molecule is COc1cccc(/C=C2\Oc3c(cc4c(c3C)OCN(CCCc3ccccc3)C4)C2=O)c1OC. The van der Waals surface area contributed by atoms with Crippen molar-refractivity contribution in [1.82, 2.24) is 4.90 Å². The Labute approximate surface area is 205 Å². The molecule has 0 saturated heterocycles. The fourth-order valence-electron chi connectivity index (χ4n) is 4.76.